The molecule has 1 N–H and O–H groups in total. The number of methoxy groups -OCH3 is 4. The SMILES string of the molecule is COc1cc2c(=O)c3c(O)ccc(OC)c3oc2c(OC)c1OC. The summed E-state index contributed by atoms with van der Waals surface area (Å²) in [5.41, 5.74) is -0.126. The Labute approximate surface area is 136 Å². The van der Waals surface area contributed by atoms with Crippen LogP contribution >= 0.6 is 0 Å². The maximum Gasteiger partial charge on any atom is 0.208 e. The summed E-state index contributed by atoms with van der Waals surface area (Å²) in [5, 5.41) is 10.3. The summed E-state index contributed by atoms with van der Waals surface area (Å²) in [4.78, 5) is 12.9. The molecule has 0 fully saturated rings. The van der Waals surface area contributed by atoms with Crippen LogP contribution in [0.3, 0.4) is 0 Å². The fourth-order valence-corrected chi connectivity index (χ4v) is 2.67. The Morgan fingerprint density at radius 3 is 2.12 bits per heavy atom. The molecule has 0 radical (unpaired) electrons. The van der Waals surface area contributed by atoms with Gasteiger partial charge < -0.3 is 28.5 Å². The Morgan fingerprint density at radius 1 is 0.875 bits per heavy atom. The lowest BCUT2D eigenvalue weighted by Crippen LogP contribution is -2.06. The van der Waals surface area contributed by atoms with Gasteiger partial charge in [-0.25, -0.2) is 0 Å². The van der Waals surface area contributed by atoms with Crippen molar-refractivity contribution in [1.82, 2.24) is 0 Å². The van der Waals surface area contributed by atoms with E-state index in [0.717, 1.165) is 0 Å². The van der Waals surface area contributed by atoms with Crippen molar-refractivity contribution >= 4 is 21.9 Å². The minimum absolute atomic E-state index is 0.0242. The number of hydrogen-bond acceptors (Lipinski definition) is 7. The van der Waals surface area contributed by atoms with Crippen molar-refractivity contribution in [3.63, 3.8) is 0 Å². The summed E-state index contributed by atoms with van der Waals surface area (Å²) >= 11 is 0. The molecular weight excluding hydrogens is 316 g/mol. The van der Waals surface area contributed by atoms with E-state index in [9.17, 15) is 9.90 Å². The number of aromatic hydroxyl groups is 1. The number of fused-ring (bicyclic) bond motifs is 2. The predicted octanol–water partition coefficient (Wildman–Crippen LogP) is 2.69. The summed E-state index contributed by atoms with van der Waals surface area (Å²) in [6.07, 6.45) is 0. The Morgan fingerprint density at radius 2 is 1.54 bits per heavy atom. The van der Waals surface area contributed by atoms with Crippen molar-refractivity contribution in [2.24, 2.45) is 0 Å². The van der Waals surface area contributed by atoms with Gasteiger partial charge in [0.1, 0.15) is 11.1 Å². The Hall–Kier alpha value is -3.09. The normalized spacial score (nSPS) is 10.8. The Bertz CT molecular complexity index is 988. The van der Waals surface area contributed by atoms with E-state index in [-0.39, 0.29) is 33.4 Å². The Kier molecular flexibility index (Phi) is 3.84. The number of benzene rings is 2. The molecule has 0 aliphatic carbocycles. The minimum Gasteiger partial charge on any atom is -0.507 e. The standard InChI is InChI=1S/C17H16O7/c1-20-10-6-5-9(18)12-13(19)8-7-11(21-2)16(22-3)17(23-4)14(8)24-15(10)12/h5-7,18H,1-4H3. The smallest absolute Gasteiger partial charge is 0.208 e. The number of rotatable bonds is 4. The van der Waals surface area contributed by atoms with Crippen molar-refractivity contribution in [3.8, 4) is 28.7 Å². The van der Waals surface area contributed by atoms with E-state index < -0.39 is 5.43 Å². The largest absolute Gasteiger partial charge is 0.507 e. The second-order valence-electron chi connectivity index (χ2n) is 4.94. The highest BCUT2D eigenvalue weighted by Crippen LogP contribution is 2.44. The van der Waals surface area contributed by atoms with Crippen molar-refractivity contribution in [2.75, 3.05) is 28.4 Å². The van der Waals surface area contributed by atoms with E-state index in [1.54, 1.807) is 0 Å². The molecule has 0 atom stereocenters. The van der Waals surface area contributed by atoms with Crippen LogP contribution in [0, 0.1) is 0 Å². The summed E-state index contributed by atoms with van der Waals surface area (Å²) in [6, 6.07) is 4.38. The number of phenolic OH excluding ortho intramolecular Hbond substituents is 1. The highest BCUT2D eigenvalue weighted by atomic mass is 16.5. The molecule has 1 heterocycles. The van der Waals surface area contributed by atoms with E-state index in [2.05, 4.69) is 0 Å². The van der Waals surface area contributed by atoms with Gasteiger partial charge in [-0.1, -0.05) is 0 Å². The van der Waals surface area contributed by atoms with Gasteiger partial charge in [0, 0.05) is 0 Å². The maximum absolute atomic E-state index is 12.9. The average Bonchev–Trinajstić information content (AvgIpc) is 2.60. The molecule has 0 aliphatic heterocycles. The van der Waals surface area contributed by atoms with Crippen LogP contribution in [0.4, 0.5) is 0 Å². The number of phenols is 1. The highest BCUT2D eigenvalue weighted by Gasteiger charge is 2.23. The molecule has 7 nitrogen and oxygen atoms in total. The molecule has 3 rings (SSSR count). The summed E-state index contributed by atoms with van der Waals surface area (Å²) in [6.45, 7) is 0. The summed E-state index contributed by atoms with van der Waals surface area (Å²) in [5.74, 6) is 0.954. The second kappa shape index (κ2) is 5.84. The number of ether oxygens (including phenoxy) is 4. The molecule has 0 saturated heterocycles. The second-order valence-corrected chi connectivity index (χ2v) is 4.94. The first-order chi connectivity index (χ1) is 11.6. The summed E-state index contributed by atoms with van der Waals surface area (Å²) < 4.78 is 27.0. The maximum atomic E-state index is 12.9. The first-order valence-corrected chi connectivity index (χ1v) is 7.02. The zero-order chi connectivity index (χ0) is 17.4. The lowest BCUT2D eigenvalue weighted by atomic mass is 10.1. The van der Waals surface area contributed by atoms with Gasteiger partial charge in [0.15, 0.2) is 22.7 Å². The quantitative estimate of drug-likeness (QED) is 0.735. The minimum atomic E-state index is -0.429. The average molecular weight is 332 g/mol. The Balaban J connectivity index is 2.60. The fraction of sp³-hybridized carbons (Fsp3) is 0.235. The summed E-state index contributed by atoms with van der Waals surface area (Å²) in [7, 11) is 5.78. The molecule has 0 saturated carbocycles. The third-order valence-electron chi connectivity index (χ3n) is 3.78. The van der Waals surface area contributed by atoms with Gasteiger partial charge in [-0.15, -0.1) is 0 Å². The van der Waals surface area contributed by atoms with Crippen LogP contribution in [0.5, 0.6) is 28.7 Å². The van der Waals surface area contributed by atoms with Crippen LogP contribution in [0.25, 0.3) is 21.9 Å². The lowest BCUT2D eigenvalue weighted by Gasteiger charge is -2.14. The van der Waals surface area contributed by atoms with Crippen LogP contribution in [-0.4, -0.2) is 33.5 Å². The van der Waals surface area contributed by atoms with Gasteiger partial charge >= 0.3 is 0 Å². The van der Waals surface area contributed by atoms with Crippen LogP contribution < -0.4 is 24.4 Å². The van der Waals surface area contributed by atoms with Gasteiger partial charge in [-0.05, 0) is 18.2 Å². The molecule has 0 amide bonds. The third-order valence-corrected chi connectivity index (χ3v) is 3.78. The molecule has 126 valence electrons. The first kappa shape index (κ1) is 15.8. The van der Waals surface area contributed by atoms with Crippen LogP contribution in [0.15, 0.2) is 27.4 Å². The topological polar surface area (TPSA) is 87.4 Å². The van der Waals surface area contributed by atoms with Crippen LogP contribution in [0.2, 0.25) is 0 Å². The van der Waals surface area contributed by atoms with Gasteiger partial charge in [0.05, 0.1) is 33.8 Å². The lowest BCUT2D eigenvalue weighted by molar-refractivity contribution is 0.324. The molecule has 0 spiro atoms. The number of hydrogen-bond donors (Lipinski definition) is 1. The van der Waals surface area contributed by atoms with Crippen molar-refractivity contribution in [2.45, 2.75) is 0 Å². The fourth-order valence-electron chi connectivity index (χ4n) is 2.67. The molecule has 0 bridgehead atoms. The predicted molar refractivity (Wildman–Crippen MR) is 87.9 cm³/mol. The van der Waals surface area contributed by atoms with Gasteiger partial charge in [0.2, 0.25) is 16.9 Å². The zero-order valence-corrected chi connectivity index (χ0v) is 13.6. The van der Waals surface area contributed by atoms with E-state index in [0.29, 0.717) is 17.2 Å². The van der Waals surface area contributed by atoms with E-state index in [4.69, 9.17) is 23.4 Å². The van der Waals surface area contributed by atoms with E-state index in [1.165, 1.54) is 46.6 Å². The van der Waals surface area contributed by atoms with Crippen molar-refractivity contribution < 1.29 is 28.5 Å². The van der Waals surface area contributed by atoms with Crippen LogP contribution in [-0.2, 0) is 0 Å². The monoisotopic (exact) mass is 332 g/mol. The molecule has 3 aromatic rings. The molecule has 7 heteroatoms. The van der Waals surface area contributed by atoms with Gasteiger partial charge in [-0.3, -0.25) is 4.79 Å². The van der Waals surface area contributed by atoms with Crippen molar-refractivity contribution in [3.05, 3.63) is 28.4 Å². The molecule has 2 aromatic carbocycles. The van der Waals surface area contributed by atoms with Crippen molar-refractivity contribution in [1.29, 1.82) is 0 Å². The third kappa shape index (κ3) is 2.09. The first-order valence-electron chi connectivity index (χ1n) is 7.02. The van der Waals surface area contributed by atoms with Crippen LogP contribution in [0.1, 0.15) is 0 Å². The zero-order valence-electron chi connectivity index (χ0n) is 13.6. The molecule has 0 unspecified atom stereocenters. The molecular formula is C17H16O7. The molecule has 1 aromatic heterocycles. The van der Waals surface area contributed by atoms with E-state index >= 15 is 0 Å². The molecule has 0 aliphatic rings. The molecule has 24 heavy (non-hydrogen) atoms. The highest BCUT2D eigenvalue weighted by molar-refractivity contribution is 5.99. The van der Waals surface area contributed by atoms with Gasteiger partial charge in [-0.2, -0.15) is 0 Å². The van der Waals surface area contributed by atoms with Gasteiger partial charge in [0.25, 0.3) is 0 Å². The van der Waals surface area contributed by atoms with E-state index in [1.807, 2.05) is 0 Å².